The molecule has 4 N–H and O–H groups in total. The molecule has 0 amide bonds. The summed E-state index contributed by atoms with van der Waals surface area (Å²) in [4.78, 5) is 19.1. The van der Waals surface area contributed by atoms with Gasteiger partial charge in [-0.15, -0.1) is 0 Å². The molecule has 0 unspecified atom stereocenters. The van der Waals surface area contributed by atoms with Crippen molar-refractivity contribution in [2.45, 2.75) is 0 Å². The molecule has 0 aliphatic heterocycles. The molecule has 0 fully saturated rings. The van der Waals surface area contributed by atoms with Crippen LogP contribution in [0.1, 0.15) is 0 Å². The van der Waals surface area contributed by atoms with Gasteiger partial charge >= 0.3 is 51.9 Å². The van der Waals surface area contributed by atoms with Gasteiger partial charge in [-0.1, -0.05) is 0 Å². The maximum atomic E-state index is 9.55. The number of rotatable bonds is 2. The van der Waals surface area contributed by atoms with Crippen molar-refractivity contribution in [3.8, 4) is 0 Å². The third kappa shape index (κ3) is 62.1. The van der Waals surface area contributed by atoms with Crippen molar-refractivity contribution in [2.75, 3.05) is 0 Å². The first kappa shape index (κ1) is 19.2. The molecule has 0 aliphatic rings. The predicted octanol–water partition coefficient (Wildman–Crippen LogP) is -1.59. The predicted molar refractivity (Wildman–Crippen MR) is 45.7 cm³/mol. The van der Waals surface area contributed by atoms with E-state index in [-0.39, 0.29) is 29.6 Å². The fourth-order valence-electron chi connectivity index (χ4n) is 0.143. The van der Waals surface area contributed by atoms with Crippen LogP contribution in [0.3, 0.4) is 0 Å². The molecule has 0 aromatic rings. The molecule has 0 radical (unpaired) electrons. The van der Waals surface area contributed by atoms with E-state index < -0.39 is 22.3 Å². The fourth-order valence-corrected chi connectivity index (χ4v) is 0.143. The van der Waals surface area contributed by atoms with Crippen LogP contribution in [0.4, 0.5) is 0 Å². The molecule has 0 bridgehead atoms. The summed E-state index contributed by atoms with van der Waals surface area (Å²) >= 11 is 0. The first-order chi connectivity index (χ1) is 5.63. The van der Waals surface area contributed by atoms with Crippen LogP contribution < -0.4 is 0 Å². The molecule has 0 aromatic heterocycles. The van der Waals surface area contributed by atoms with Gasteiger partial charge in [-0.25, -0.2) is 9.59 Å². The zero-order valence-electron chi connectivity index (χ0n) is 5.98. The number of carboxylic acid groups (broad SMARTS) is 2. The van der Waals surface area contributed by atoms with Crippen molar-refractivity contribution >= 4 is 51.9 Å². The molecule has 0 heterocycles. The third-order valence-corrected chi connectivity index (χ3v) is 0.368. The van der Waals surface area contributed by atoms with E-state index in [9.17, 15) is 9.59 Å². The molecule has 0 aliphatic carbocycles. The molecular formula is C4H7NaO8S. The second-order valence-corrected chi connectivity index (χ2v) is 2.35. The van der Waals surface area contributed by atoms with Gasteiger partial charge in [0, 0.05) is 12.2 Å². The van der Waals surface area contributed by atoms with Crippen molar-refractivity contribution in [1.82, 2.24) is 0 Å². The molecule has 0 aromatic carbocycles. The van der Waals surface area contributed by atoms with E-state index in [2.05, 4.69) is 0 Å². The first-order valence-corrected chi connectivity index (χ1v) is 3.86. The minimum absolute atomic E-state index is 0. The number of carbonyl (C=O) groups is 2. The fraction of sp³-hybridized carbons (Fsp3) is 0. The quantitative estimate of drug-likeness (QED) is 0.255. The van der Waals surface area contributed by atoms with Crippen molar-refractivity contribution < 1.29 is 37.3 Å². The number of hydrogen-bond donors (Lipinski definition) is 4. The summed E-state index contributed by atoms with van der Waals surface area (Å²) < 4.78 is 31.6. The van der Waals surface area contributed by atoms with Crippen LogP contribution in [0.2, 0.25) is 0 Å². The van der Waals surface area contributed by atoms with Gasteiger partial charge in [0.15, 0.2) is 0 Å². The molecule has 0 saturated heterocycles. The molecule has 78 valence electrons. The Morgan fingerprint density at radius 2 is 1.07 bits per heavy atom. The zero-order valence-corrected chi connectivity index (χ0v) is 6.80. The van der Waals surface area contributed by atoms with Gasteiger partial charge in [0.2, 0.25) is 0 Å². The Balaban J connectivity index is -0.000000177. The molecular weight excluding hydrogens is 231 g/mol. The molecule has 10 heteroatoms. The topological polar surface area (TPSA) is 149 Å². The first-order valence-electron chi connectivity index (χ1n) is 2.46. The summed E-state index contributed by atoms with van der Waals surface area (Å²) in [6, 6.07) is 0. The van der Waals surface area contributed by atoms with Crippen molar-refractivity contribution in [2.24, 2.45) is 0 Å². The van der Waals surface area contributed by atoms with E-state index in [4.69, 9.17) is 27.7 Å². The summed E-state index contributed by atoms with van der Waals surface area (Å²) in [6.07, 6.45) is 1.12. The van der Waals surface area contributed by atoms with Gasteiger partial charge in [0.25, 0.3) is 0 Å². The molecule has 0 saturated carbocycles. The van der Waals surface area contributed by atoms with Crippen molar-refractivity contribution in [3.63, 3.8) is 0 Å². The SMILES string of the molecule is O=C(O)/C=C\C(=O)O.O=S(=O)(O)O.[NaH]. The average Bonchev–Trinajstić information content (AvgIpc) is 1.79. The van der Waals surface area contributed by atoms with Gasteiger partial charge in [-0.2, -0.15) is 8.42 Å². The normalized spacial score (nSPS) is 9.57. The van der Waals surface area contributed by atoms with Crippen LogP contribution in [0.15, 0.2) is 12.2 Å². The van der Waals surface area contributed by atoms with Gasteiger partial charge in [-0.3, -0.25) is 9.11 Å². The van der Waals surface area contributed by atoms with Crippen LogP contribution >= 0.6 is 0 Å². The Morgan fingerprint density at radius 3 is 1.14 bits per heavy atom. The van der Waals surface area contributed by atoms with E-state index >= 15 is 0 Å². The standard InChI is InChI=1S/C4H4O4.Na.H2O4S.H/c5-3(6)1-2-4(7)8;;1-5(2,3)4;/h1-2H,(H,5,6)(H,7,8);;(H2,1,2,3,4);/b2-1-;;;. The number of aliphatic carboxylic acids is 2. The van der Waals surface area contributed by atoms with Crippen LogP contribution in [0, 0.1) is 0 Å². The van der Waals surface area contributed by atoms with Gasteiger partial charge in [0.05, 0.1) is 0 Å². The molecule has 14 heavy (non-hydrogen) atoms. The van der Waals surface area contributed by atoms with Crippen molar-refractivity contribution in [3.05, 3.63) is 12.2 Å². The minimum atomic E-state index is -4.67. The summed E-state index contributed by atoms with van der Waals surface area (Å²) in [5.41, 5.74) is 0. The van der Waals surface area contributed by atoms with Crippen LogP contribution in [0.25, 0.3) is 0 Å². The van der Waals surface area contributed by atoms with E-state index in [0.29, 0.717) is 12.2 Å². The van der Waals surface area contributed by atoms with Gasteiger partial charge < -0.3 is 10.2 Å². The Hall–Kier alpha value is -0.450. The van der Waals surface area contributed by atoms with Crippen LogP contribution in [-0.2, 0) is 20.0 Å². The van der Waals surface area contributed by atoms with E-state index in [1.165, 1.54) is 0 Å². The molecule has 0 atom stereocenters. The Bertz CT molecular complexity index is 279. The van der Waals surface area contributed by atoms with Crippen LogP contribution in [-0.4, -0.2) is 69.2 Å². The Morgan fingerprint density at radius 1 is 0.929 bits per heavy atom. The second-order valence-electron chi connectivity index (χ2n) is 1.46. The Kier molecular flexibility index (Phi) is 12.5. The third-order valence-electron chi connectivity index (χ3n) is 0.368. The molecule has 0 rings (SSSR count). The van der Waals surface area contributed by atoms with E-state index in [0.717, 1.165) is 0 Å². The van der Waals surface area contributed by atoms with Gasteiger partial charge in [-0.05, 0) is 0 Å². The van der Waals surface area contributed by atoms with Crippen LogP contribution in [0.5, 0.6) is 0 Å². The van der Waals surface area contributed by atoms with E-state index in [1.54, 1.807) is 0 Å². The molecule has 8 nitrogen and oxygen atoms in total. The summed E-state index contributed by atoms with van der Waals surface area (Å²) in [7, 11) is -4.67. The average molecular weight is 238 g/mol. The zero-order chi connectivity index (χ0) is 11.1. The number of hydrogen-bond acceptors (Lipinski definition) is 4. The summed E-state index contributed by atoms with van der Waals surface area (Å²) in [5.74, 6) is -2.51. The van der Waals surface area contributed by atoms with E-state index in [1.807, 2.05) is 0 Å². The summed E-state index contributed by atoms with van der Waals surface area (Å²) in [6.45, 7) is 0. The maximum absolute atomic E-state index is 9.55. The monoisotopic (exact) mass is 238 g/mol. The number of carboxylic acids is 2. The molecule has 0 spiro atoms. The van der Waals surface area contributed by atoms with Gasteiger partial charge in [0.1, 0.15) is 0 Å². The Labute approximate surface area is 101 Å². The second kappa shape index (κ2) is 9.12. The summed E-state index contributed by atoms with van der Waals surface area (Å²) in [5, 5.41) is 15.6. The van der Waals surface area contributed by atoms with Crippen molar-refractivity contribution in [1.29, 1.82) is 0 Å².